The van der Waals surface area contributed by atoms with Crippen LogP contribution in [0.3, 0.4) is 0 Å². The fourth-order valence-corrected chi connectivity index (χ4v) is 4.13. The smallest absolute Gasteiger partial charge is 0.366 e. The molecule has 35 heavy (non-hydrogen) atoms. The molecule has 0 radical (unpaired) electrons. The van der Waals surface area contributed by atoms with Crippen LogP contribution in [0, 0.1) is 26.6 Å². The number of alkyl halides is 3. The van der Waals surface area contributed by atoms with E-state index in [1.807, 2.05) is 0 Å². The number of nitrogens with one attached hydrogen (secondary N) is 1. The number of anilines is 1. The van der Waals surface area contributed by atoms with Gasteiger partial charge in [0.15, 0.2) is 6.10 Å². The van der Waals surface area contributed by atoms with E-state index in [2.05, 4.69) is 15.5 Å². The Balaban J connectivity index is 1.72. The molecule has 4 rings (SSSR count). The summed E-state index contributed by atoms with van der Waals surface area (Å²) in [5.41, 5.74) is 3.47. The van der Waals surface area contributed by atoms with Crippen molar-refractivity contribution in [3.05, 3.63) is 64.6 Å². The largest absolute Gasteiger partial charge is 0.416 e. The monoisotopic (exact) mass is 492 g/mol. The second kappa shape index (κ2) is 9.65. The topological polar surface area (TPSA) is 80.5 Å². The van der Waals surface area contributed by atoms with Gasteiger partial charge in [0.2, 0.25) is 0 Å². The van der Waals surface area contributed by atoms with Crippen LogP contribution in [0.5, 0.6) is 0 Å². The maximum absolute atomic E-state index is 15.6. The van der Waals surface area contributed by atoms with Crippen molar-refractivity contribution < 1.29 is 31.6 Å². The molecule has 3 aromatic rings. The molecule has 2 aromatic heterocycles. The van der Waals surface area contributed by atoms with Crippen LogP contribution in [-0.2, 0) is 11.3 Å². The summed E-state index contributed by atoms with van der Waals surface area (Å²) < 4.78 is 64.9. The second-order valence-corrected chi connectivity index (χ2v) is 8.44. The van der Waals surface area contributed by atoms with Crippen molar-refractivity contribution in [2.24, 2.45) is 0 Å². The Labute approximate surface area is 199 Å². The van der Waals surface area contributed by atoms with Crippen LogP contribution < -0.4 is 10.2 Å². The molecule has 1 amide bonds. The van der Waals surface area contributed by atoms with Crippen molar-refractivity contribution in [2.75, 3.05) is 24.6 Å². The number of carbonyl (C=O) groups excluding carboxylic acids is 1. The van der Waals surface area contributed by atoms with Gasteiger partial charge < -0.3 is 19.5 Å². The van der Waals surface area contributed by atoms with Crippen molar-refractivity contribution in [3.8, 4) is 11.1 Å². The van der Waals surface area contributed by atoms with Gasteiger partial charge in [0.1, 0.15) is 17.6 Å². The van der Waals surface area contributed by atoms with Crippen LogP contribution in [-0.4, -0.2) is 48.0 Å². The lowest BCUT2D eigenvalue weighted by Gasteiger charge is -2.35. The van der Waals surface area contributed by atoms with Crippen LogP contribution in [0.25, 0.3) is 11.1 Å². The lowest BCUT2D eigenvalue weighted by Crippen LogP contribution is -2.49. The highest BCUT2D eigenvalue weighted by Crippen LogP contribution is 2.34. The van der Waals surface area contributed by atoms with Crippen LogP contribution in [0.15, 0.2) is 35.1 Å². The minimum Gasteiger partial charge on any atom is -0.366 e. The van der Waals surface area contributed by atoms with E-state index < -0.39 is 30.5 Å². The summed E-state index contributed by atoms with van der Waals surface area (Å²) in [4.78, 5) is 18.4. The third-order valence-corrected chi connectivity index (χ3v) is 5.76. The molecule has 3 heterocycles. The van der Waals surface area contributed by atoms with E-state index in [1.165, 1.54) is 17.2 Å². The van der Waals surface area contributed by atoms with E-state index in [9.17, 15) is 18.0 Å². The van der Waals surface area contributed by atoms with Crippen LogP contribution >= 0.6 is 0 Å². The molecule has 0 aliphatic carbocycles. The van der Waals surface area contributed by atoms with E-state index in [-0.39, 0.29) is 36.5 Å². The van der Waals surface area contributed by atoms with E-state index in [4.69, 9.17) is 9.26 Å². The number of hydrogen-bond acceptors (Lipinski definition) is 6. The Morgan fingerprint density at radius 1 is 1.17 bits per heavy atom. The Hall–Kier alpha value is -3.47. The van der Waals surface area contributed by atoms with Gasteiger partial charge in [-0.1, -0.05) is 5.16 Å². The molecule has 1 fully saturated rings. The number of carbonyl (C=O) groups is 1. The van der Waals surface area contributed by atoms with E-state index in [1.54, 1.807) is 39.0 Å². The van der Waals surface area contributed by atoms with Crippen molar-refractivity contribution in [3.63, 3.8) is 0 Å². The molecule has 7 nitrogen and oxygen atoms in total. The predicted octanol–water partition coefficient (Wildman–Crippen LogP) is 4.50. The predicted molar refractivity (Wildman–Crippen MR) is 120 cm³/mol. The third-order valence-electron chi connectivity index (χ3n) is 5.76. The average molecular weight is 492 g/mol. The van der Waals surface area contributed by atoms with Gasteiger partial charge in [0, 0.05) is 35.7 Å². The first-order chi connectivity index (χ1) is 16.5. The quantitative estimate of drug-likeness (QED) is 0.529. The summed E-state index contributed by atoms with van der Waals surface area (Å²) in [6, 6.07) is 6.25. The van der Waals surface area contributed by atoms with Gasteiger partial charge in [-0.25, -0.2) is 4.39 Å². The number of hydrogen-bond donors (Lipinski definition) is 1. The SMILES string of the molecule is Cc1cc(-c2c(F)cc(N3CCOC(C(F)(F)F)C3)cc2CNC(=O)c2conc2C)cc(C)n1. The van der Waals surface area contributed by atoms with E-state index in [0.29, 0.717) is 28.2 Å². The molecule has 1 saturated heterocycles. The molecule has 1 unspecified atom stereocenters. The van der Waals surface area contributed by atoms with E-state index in [0.717, 1.165) is 0 Å². The van der Waals surface area contributed by atoms with Crippen molar-refractivity contribution in [1.29, 1.82) is 0 Å². The molecule has 186 valence electrons. The minimum absolute atomic E-state index is 0.0724. The fraction of sp³-hybridized carbons (Fsp3) is 0.375. The first-order valence-electron chi connectivity index (χ1n) is 10.9. The van der Waals surface area contributed by atoms with E-state index >= 15 is 4.39 Å². The summed E-state index contributed by atoms with van der Waals surface area (Å²) in [6.45, 7) is 4.67. The van der Waals surface area contributed by atoms with Crippen LogP contribution in [0.4, 0.5) is 23.2 Å². The van der Waals surface area contributed by atoms with Gasteiger partial charge in [0.05, 0.1) is 18.8 Å². The number of aromatic nitrogens is 2. The summed E-state index contributed by atoms with van der Waals surface area (Å²) >= 11 is 0. The molecule has 1 aliphatic rings. The maximum Gasteiger partial charge on any atom is 0.416 e. The molecule has 1 atom stereocenters. The Kier molecular flexibility index (Phi) is 6.79. The molecule has 11 heteroatoms. The molecule has 0 bridgehead atoms. The number of ether oxygens (including phenoxy) is 1. The van der Waals surface area contributed by atoms with Gasteiger partial charge in [-0.05, 0) is 56.2 Å². The van der Waals surface area contributed by atoms with Crippen LogP contribution in [0.1, 0.15) is 33.0 Å². The first-order valence-corrected chi connectivity index (χ1v) is 10.9. The normalized spacial score (nSPS) is 16.4. The number of amides is 1. The highest BCUT2D eigenvalue weighted by atomic mass is 19.4. The van der Waals surface area contributed by atoms with Gasteiger partial charge >= 0.3 is 6.18 Å². The molecular formula is C24H24F4N4O3. The summed E-state index contributed by atoms with van der Waals surface area (Å²) in [6.07, 6.45) is -5.29. The molecule has 1 N–H and O–H groups in total. The minimum atomic E-state index is -4.53. The zero-order valence-corrected chi connectivity index (χ0v) is 19.4. The molecule has 0 spiro atoms. The number of pyridine rings is 1. The van der Waals surface area contributed by atoms with Crippen molar-refractivity contribution in [2.45, 2.75) is 39.6 Å². The number of halogens is 4. The zero-order chi connectivity index (χ0) is 25.3. The zero-order valence-electron chi connectivity index (χ0n) is 19.4. The molecule has 1 aliphatic heterocycles. The third kappa shape index (κ3) is 5.45. The number of aryl methyl sites for hydroxylation is 3. The fourth-order valence-electron chi connectivity index (χ4n) is 4.13. The summed E-state index contributed by atoms with van der Waals surface area (Å²) in [7, 11) is 0. The summed E-state index contributed by atoms with van der Waals surface area (Å²) in [5.74, 6) is -1.08. The Morgan fingerprint density at radius 3 is 2.51 bits per heavy atom. The number of nitrogens with zero attached hydrogens (tertiary/aromatic N) is 3. The Bertz CT molecular complexity index is 1220. The number of rotatable bonds is 5. The first kappa shape index (κ1) is 24.6. The second-order valence-electron chi connectivity index (χ2n) is 8.44. The number of benzene rings is 1. The molecule has 0 saturated carbocycles. The highest BCUT2D eigenvalue weighted by molar-refractivity contribution is 5.94. The van der Waals surface area contributed by atoms with Gasteiger partial charge in [0.25, 0.3) is 5.91 Å². The van der Waals surface area contributed by atoms with Gasteiger partial charge in [-0.2, -0.15) is 13.2 Å². The molecule has 1 aromatic carbocycles. The highest BCUT2D eigenvalue weighted by Gasteiger charge is 2.43. The number of morpholine rings is 1. The van der Waals surface area contributed by atoms with Gasteiger partial charge in [-0.15, -0.1) is 0 Å². The standard InChI is InChI=1S/C24H24F4N4O3/c1-13-6-16(7-14(2)30-13)22-17(10-29-23(33)19-12-35-31-15(19)3)8-18(9-20(22)25)32-4-5-34-21(11-32)24(26,27)28/h6-9,12,21H,4-5,10-11H2,1-3H3,(H,29,33). The lowest BCUT2D eigenvalue weighted by molar-refractivity contribution is -0.221. The lowest BCUT2D eigenvalue weighted by atomic mass is 9.97. The van der Waals surface area contributed by atoms with Crippen molar-refractivity contribution >= 4 is 11.6 Å². The maximum atomic E-state index is 15.6. The van der Waals surface area contributed by atoms with Crippen molar-refractivity contribution in [1.82, 2.24) is 15.5 Å². The van der Waals surface area contributed by atoms with Crippen LogP contribution in [0.2, 0.25) is 0 Å². The van der Waals surface area contributed by atoms with Gasteiger partial charge in [-0.3, -0.25) is 9.78 Å². The average Bonchev–Trinajstić information content (AvgIpc) is 3.22. The Morgan fingerprint density at radius 2 is 1.89 bits per heavy atom. The molecular weight excluding hydrogens is 468 g/mol. The summed E-state index contributed by atoms with van der Waals surface area (Å²) in [5, 5.41) is 6.41.